The quantitative estimate of drug-likeness (QED) is 0.749. The van der Waals surface area contributed by atoms with Crippen LogP contribution >= 0.6 is 0 Å². The molecule has 1 atom stereocenters. The van der Waals surface area contributed by atoms with Gasteiger partial charge in [-0.05, 0) is 24.5 Å². The highest BCUT2D eigenvalue weighted by molar-refractivity contribution is 5.80. The number of nitrogen functional groups attached to an aromatic ring is 1. The van der Waals surface area contributed by atoms with Crippen molar-refractivity contribution in [2.75, 3.05) is 5.73 Å². The van der Waals surface area contributed by atoms with Crippen molar-refractivity contribution in [1.29, 1.82) is 0 Å². The summed E-state index contributed by atoms with van der Waals surface area (Å²) in [4.78, 5) is 8.85. The van der Waals surface area contributed by atoms with E-state index in [-0.39, 0.29) is 0 Å². The van der Waals surface area contributed by atoms with E-state index in [2.05, 4.69) is 34.3 Å². The van der Waals surface area contributed by atoms with Gasteiger partial charge in [0, 0.05) is 11.8 Å². The highest BCUT2D eigenvalue weighted by Crippen LogP contribution is 2.25. The fraction of sp³-hybridized carbons (Fsp3) is 0.286. The van der Waals surface area contributed by atoms with E-state index in [1.165, 1.54) is 5.69 Å². The minimum atomic E-state index is 0.426. The number of hydrogen-bond acceptors (Lipinski definition) is 3. The Kier molecular flexibility index (Phi) is 2.44. The van der Waals surface area contributed by atoms with Crippen LogP contribution in [0.1, 0.15) is 31.9 Å². The smallest absolute Gasteiger partial charge is 0.237 e. The lowest BCUT2D eigenvalue weighted by Crippen LogP contribution is -2.05. The van der Waals surface area contributed by atoms with Crippen LogP contribution in [0.5, 0.6) is 0 Å². The number of anilines is 1. The Morgan fingerprint density at radius 1 is 1.28 bits per heavy atom. The molecular formula is C14H16N4. The molecule has 0 saturated heterocycles. The Hall–Kier alpha value is -2.10. The van der Waals surface area contributed by atoms with Crippen LogP contribution in [0.4, 0.5) is 5.82 Å². The zero-order chi connectivity index (χ0) is 12.7. The first kappa shape index (κ1) is 11.0. The number of nitrogens with two attached hydrogens (primary N) is 1. The zero-order valence-electron chi connectivity index (χ0n) is 10.6. The maximum Gasteiger partial charge on any atom is 0.237 e. The second kappa shape index (κ2) is 3.98. The number of imidazole rings is 1. The van der Waals surface area contributed by atoms with Crippen LogP contribution < -0.4 is 5.73 Å². The molecule has 0 radical (unpaired) electrons. The maximum atomic E-state index is 5.87. The third-order valence-corrected chi connectivity index (χ3v) is 3.44. The van der Waals surface area contributed by atoms with Gasteiger partial charge in [0.15, 0.2) is 0 Å². The lowest BCUT2D eigenvalue weighted by atomic mass is 10.0. The highest BCUT2D eigenvalue weighted by atomic mass is 15.1. The Bertz CT molecular complexity index is 714. The van der Waals surface area contributed by atoms with E-state index in [1.807, 2.05) is 24.3 Å². The van der Waals surface area contributed by atoms with E-state index < -0.39 is 0 Å². The van der Waals surface area contributed by atoms with Gasteiger partial charge in [0.25, 0.3) is 0 Å². The van der Waals surface area contributed by atoms with Gasteiger partial charge in [-0.2, -0.15) is 4.98 Å². The van der Waals surface area contributed by atoms with Gasteiger partial charge in [-0.15, -0.1) is 0 Å². The monoisotopic (exact) mass is 240 g/mol. The van der Waals surface area contributed by atoms with Crippen molar-refractivity contribution in [3.05, 3.63) is 36.0 Å². The molecule has 18 heavy (non-hydrogen) atoms. The minimum absolute atomic E-state index is 0.426. The average Bonchev–Trinajstić information content (AvgIpc) is 2.74. The van der Waals surface area contributed by atoms with Crippen molar-refractivity contribution >= 4 is 22.6 Å². The molecule has 4 heteroatoms. The largest absolute Gasteiger partial charge is 0.384 e. The van der Waals surface area contributed by atoms with Gasteiger partial charge in [-0.1, -0.05) is 26.0 Å². The first-order valence-electron chi connectivity index (χ1n) is 6.24. The molecule has 0 aliphatic carbocycles. The van der Waals surface area contributed by atoms with E-state index in [0.717, 1.165) is 17.5 Å². The molecule has 92 valence electrons. The first-order valence-corrected chi connectivity index (χ1v) is 6.24. The standard InChI is InChI=1S/C14H16N4/c1-3-9(2)12-8-13(15)17-14-16-10-6-4-5-7-11(10)18(12)14/h4-9H,3H2,1-2H3,(H2,15,16,17)/t9-/m1/s1. The average molecular weight is 240 g/mol. The number of para-hydroxylation sites is 2. The summed E-state index contributed by atoms with van der Waals surface area (Å²) in [7, 11) is 0. The van der Waals surface area contributed by atoms with Crippen molar-refractivity contribution in [2.45, 2.75) is 26.2 Å². The summed E-state index contributed by atoms with van der Waals surface area (Å²) >= 11 is 0. The third kappa shape index (κ3) is 1.53. The van der Waals surface area contributed by atoms with Crippen molar-refractivity contribution < 1.29 is 0 Å². The van der Waals surface area contributed by atoms with Crippen molar-refractivity contribution in [3.63, 3.8) is 0 Å². The molecule has 0 saturated carbocycles. The van der Waals surface area contributed by atoms with E-state index in [1.54, 1.807) is 0 Å². The summed E-state index contributed by atoms with van der Waals surface area (Å²) in [6, 6.07) is 10.0. The molecule has 0 amide bonds. The number of rotatable bonds is 2. The second-order valence-electron chi connectivity index (χ2n) is 4.65. The Balaban J connectivity index is 2.46. The molecule has 1 aromatic carbocycles. The van der Waals surface area contributed by atoms with Crippen LogP contribution in [0.25, 0.3) is 16.8 Å². The van der Waals surface area contributed by atoms with Gasteiger partial charge >= 0.3 is 0 Å². The fourth-order valence-electron chi connectivity index (χ4n) is 2.28. The van der Waals surface area contributed by atoms with E-state index in [9.17, 15) is 0 Å². The Morgan fingerprint density at radius 3 is 2.83 bits per heavy atom. The van der Waals surface area contributed by atoms with Crippen molar-refractivity contribution in [1.82, 2.24) is 14.4 Å². The van der Waals surface area contributed by atoms with Crippen LogP contribution in [0.15, 0.2) is 30.3 Å². The van der Waals surface area contributed by atoms with Crippen LogP contribution in [-0.2, 0) is 0 Å². The summed E-state index contributed by atoms with van der Waals surface area (Å²) in [5.41, 5.74) is 9.10. The topological polar surface area (TPSA) is 56.2 Å². The van der Waals surface area contributed by atoms with Crippen molar-refractivity contribution in [2.24, 2.45) is 0 Å². The summed E-state index contributed by atoms with van der Waals surface area (Å²) in [6.07, 6.45) is 1.06. The molecule has 0 bridgehead atoms. The molecule has 0 aliphatic heterocycles. The number of fused-ring (bicyclic) bond motifs is 3. The predicted octanol–water partition coefficient (Wildman–Crippen LogP) is 2.98. The van der Waals surface area contributed by atoms with E-state index >= 15 is 0 Å². The van der Waals surface area contributed by atoms with E-state index in [4.69, 9.17) is 5.73 Å². The molecular weight excluding hydrogens is 224 g/mol. The van der Waals surface area contributed by atoms with Crippen LogP contribution in [0.2, 0.25) is 0 Å². The highest BCUT2D eigenvalue weighted by Gasteiger charge is 2.14. The van der Waals surface area contributed by atoms with Crippen LogP contribution in [0.3, 0.4) is 0 Å². The van der Waals surface area contributed by atoms with Crippen LogP contribution in [-0.4, -0.2) is 14.4 Å². The van der Waals surface area contributed by atoms with Gasteiger partial charge in [-0.25, -0.2) is 4.98 Å². The summed E-state index contributed by atoms with van der Waals surface area (Å²) < 4.78 is 2.11. The number of aromatic nitrogens is 3. The van der Waals surface area contributed by atoms with E-state index in [0.29, 0.717) is 17.5 Å². The normalized spacial score (nSPS) is 13.2. The summed E-state index contributed by atoms with van der Waals surface area (Å²) in [6.45, 7) is 4.37. The lowest BCUT2D eigenvalue weighted by molar-refractivity contribution is 0.698. The first-order chi connectivity index (χ1) is 8.70. The Labute approximate surface area is 105 Å². The van der Waals surface area contributed by atoms with Gasteiger partial charge < -0.3 is 5.73 Å². The third-order valence-electron chi connectivity index (χ3n) is 3.44. The number of benzene rings is 1. The van der Waals surface area contributed by atoms with Gasteiger partial charge in [0.05, 0.1) is 11.0 Å². The molecule has 0 spiro atoms. The van der Waals surface area contributed by atoms with Crippen LogP contribution in [0, 0.1) is 0 Å². The lowest BCUT2D eigenvalue weighted by Gasteiger charge is -2.12. The molecule has 3 aromatic rings. The second-order valence-corrected chi connectivity index (χ2v) is 4.65. The molecule has 4 nitrogen and oxygen atoms in total. The fourth-order valence-corrected chi connectivity index (χ4v) is 2.28. The summed E-state index contributed by atoms with van der Waals surface area (Å²) in [5, 5.41) is 0. The van der Waals surface area contributed by atoms with Crippen molar-refractivity contribution in [3.8, 4) is 0 Å². The molecule has 0 fully saturated rings. The molecule has 3 rings (SSSR count). The van der Waals surface area contributed by atoms with Gasteiger partial charge in [-0.3, -0.25) is 4.40 Å². The molecule has 2 aromatic heterocycles. The maximum absolute atomic E-state index is 5.87. The van der Waals surface area contributed by atoms with Gasteiger partial charge in [0.1, 0.15) is 5.82 Å². The van der Waals surface area contributed by atoms with Gasteiger partial charge in [0.2, 0.25) is 5.78 Å². The molecule has 2 N–H and O–H groups in total. The molecule has 0 aliphatic rings. The number of nitrogens with zero attached hydrogens (tertiary/aromatic N) is 3. The zero-order valence-corrected chi connectivity index (χ0v) is 10.6. The molecule has 2 heterocycles. The Morgan fingerprint density at radius 2 is 2.06 bits per heavy atom. The number of hydrogen-bond donors (Lipinski definition) is 1. The predicted molar refractivity (Wildman–Crippen MR) is 73.6 cm³/mol. The minimum Gasteiger partial charge on any atom is -0.384 e. The SMILES string of the molecule is CC[C@@H](C)c1cc(N)nc2nc3ccccc3n12. The molecule has 0 unspecified atom stereocenters. The summed E-state index contributed by atoms with van der Waals surface area (Å²) in [5.74, 6) is 1.65.